The van der Waals surface area contributed by atoms with Crippen molar-refractivity contribution in [2.45, 2.75) is 70.2 Å². The summed E-state index contributed by atoms with van der Waals surface area (Å²) in [7, 11) is -2.02. The largest absolute Gasteiger partial charge is 0.461 e. The Morgan fingerprint density at radius 3 is 2.54 bits per heavy atom. The van der Waals surface area contributed by atoms with Crippen LogP contribution in [0, 0.1) is 5.92 Å². The fourth-order valence-corrected chi connectivity index (χ4v) is 5.92. The lowest BCUT2D eigenvalue weighted by molar-refractivity contribution is -0.251. The molecule has 1 aromatic carbocycles. The number of benzene rings is 1. The zero-order valence-corrected chi connectivity index (χ0v) is 18.4. The average Bonchev–Trinajstić information content (AvgIpc) is 2.63. The summed E-state index contributed by atoms with van der Waals surface area (Å²) in [6.07, 6.45) is -0.710. The van der Waals surface area contributed by atoms with Gasteiger partial charge in [0, 0.05) is 12.8 Å². The number of aliphatic hydroxyl groups is 1. The predicted octanol–water partition coefficient (Wildman–Crippen LogP) is 3.06. The van der Waals surface area contributed by atoms with Crippen molar-refractivity contribution in [3.05, 3.63) is 35.9 Å². The molecule has 1 aromatic rings. The van der Waals surface area contributed by atoms with E-state index >= 15 is 0 Å². The Hall–Kier alpha value is -1.70. The Labute approximate surface area is 167 Å². The molecule has 3 atom stereocenters. The van der Waals surface area contributed by atoms with E-state index in [0.29, 0.717) is 6.54 Å². The van der Waals surface area contributed by atoms with Crippen LogP contribution in [0.1, 0.15) is 39.2 Å². The molecule has 3 rings (SSSR count). The molecule has 0 unspecified atom stereocenters. The van der Waals surface area contributed by atoms with Gasteiger partial charge in [0.15, 0.2) is 20.1 Å². The summed E-state index contributed by atoms with van der Waals surface area (Å²) in [4.78, 5) is 25.7. The van der Waals surface area contributed by atoms with Crippen LogP contribution >= 0.6 is 0 Å². The molecule has 0 radical (unpaired) electrons. The Bertz CT molecular complexity index is 745. The number of amides is 1. The third-order valence-electron chi connectivity index (χ3n) is 6.54. The first-order chi connectivity index (χ1) is 13.0. The summed E-state index contributed by atoms with van der Waals surface area (Å²) < 4.78 is 13.0. The summed E-state index contributed by atoms with van der Waals surface area (Å²) >= 11 is 0. The first-order valence-electron chi connectivity index (χ1n) is 9.85. The van der Waals surface area contributed by atoms with E-state index in [1.165, 1.54) is 0 Å². The van der Waals surface area contributed by atoms with Crippen molar-refractivity contribution in [1.29, 1.82) is 0 Å². The molecule has 2 aliphatic heterocycles. The summed E-state index contributed by atoms with van der Waals surface area (Å²) in [6.45, 7) is 11.4. The van der Waals surface area contributed by atoms with E-state index < -0.39 is 26.0 Å². The van der Waals surface area contributed by atoms with Crippen molar-refractivity contribution < 1.29 is 24.2 Å². The number of esters is 1. The Morgan fingerprint density at radius 2 is 1.96 bits per heavy atom. The number of β-lactam (4-membered cyclic amide) rings is 1. The number of hydrogen-bond acceptors (Lipinski definition) is 5. The van der Waals surface area contributed by atoms with Crippen LogP contribution in [0.5, 0.6) is 0 Å². The summed E-state index contributed by atoms with van der Waals surface area (Å²) in [5.74, 6) is -1.03. The maximum atomic E-state index is 13.1. The fourth-order valence-electron chi connectivity index (χ4n) is 3.75. The Kier molecular flexibility index (Phi) is 5.46. The fraction of sp³-hybridized carbons (Fsp3) is 0.619. The third-order valence-corrected chi connectivity index (χ3v) is 11.9. The molecule has 2 fully saturated rings. The van der Waals surface area contributed by atoms with Gasteiger partial charge in [0.05, 0.1) is 12.5 Å². The lowest BCUT2D eigenvalue weighted by Crippen LogP contribution is -2.78. The van der Waals surface area contributed by atoms with Gasteiger partial charge in [-0.3, -0.25) is 9.59 Å². The SMILES string of the molecule is CC(C)(C)[Si](C)(C)N1C[C@@]2(C[C@H](C(=O)OCc3ccccc3)C[C@H](O)O2)C1=O. The van der Waals surface area contributed by atoms with Crippen LogP contribution in [-0.4, -0.2) is 48.2 Å². The highest BCUT2D eigenvalue weighted by molar-refractivity contribution is 6.80. The molecule has 1 spiro atoms. The highest BCUT2D eigenvalue weighted by Gasteiger charge is 2.63. The van der Waals surface area contributed by atoms with Gasteiger partial charge in [-0.1, -0.05) is 64.2 Å². The van der Waals surface area contributed by atoms with Crippen molar-refractivity contribution in [2.24, 2.45) is 5.92 Å². The van der Waals surface area contributed by atoms with Gasteiger partial charge < -0.3 is 19.1 Å². The number of ether oxygens (including phenoxy) is 2. The van der Waals surface area contributed by atoms with Gasteiger partial charge in [-0.05, 0) is 10.6 Å². The van der Waals surface area contributed by atoms with E-state index in [1.807, 2.05) is 34.9 Å². The van der Waals surface area contributed by atoms with Crippen molar-refractivity contribution in [3.8, 4) is 0 Å². The van der Waals surface area contributed by atoms with E-state index in [9.17, 15) is 14.7 Å². The summed E-state index contributed by atoms with van der Waals surface area (Å²) in [5, 5.41) is 10.2. The van der Waals surface area contributed by atoms with Crippen LogP contribution in [0.25, 0.3) is 0 Å². The van der Waals surface area contributed by atoms with E-state index in [0.717, 1.165) is 5.56 Å². The minimum Gasteiger partial charge on any atom is -0.461 e. The molecule has 1 N–H and O–H groups in total. The van der Waals surface area contributed by atoms with Crippen LogP contribution in [0.3, 0.4) is 0 Å². The van der Waals surface area contributed by atoms with E-state index in [-0.39, 0.29) is 36.4 Å². The maximum absolute atomic E-state index is 13.1. The van der Waals surface area contributed by atoms with Crippen LogP contribution in [-0.2, 0) is 25.7 Å². The van der Waals surface area contributed by atoms with Crippen molar-refractivity contribution in [3.63, 3.8) is 0 Å². The molecule has 28 heavy (non-hydrogen) atoms. The Morgan fingerprint density at radius 1 is 1.32 bits per heavy atom. The highest BCUT2D eigenvalue weighted by atomic mass is 28.3. The van der Waals surface area contributed by atoms with Gasteiger partial charge in [0.2, 0.25) is 5.91 Å². The number of hydrogen-bond donors (Lipinski definition) is 1. The minimum atomic E-state index is -2.02. The minimum absolute atomic E-state index is 0.0194. The molecule has 154 valence electrons. The Balaban J connectivity index is 1.66. The lowest BCUT2D eigenvalue weighted by atomic mass is 9.80. The number of carbonyl (C=O) groups is 2. The second-order valence-corrected chi connectivity index (χ2v) is 14.7. The van der Waals surface area contributed by atoms with Gasteiger partial charge in [-0.2, -0.15) is 0 Å². The van der Waals surface area contributed by atoms with E-state index in [1.54, 1.807) is 0 Å². The first kappa shape index (κ1) is 21.0. The number of rotatable bonds is 4. The molecule has 2 saturated heterocycles. The highest BCUT2D eigenvalue weighted by Crippen LogP contribution is 2.47. The van der Waals surface area contributed by atoms with E-state index in [4.69, 9.17) is 9.47 Å². The molecule has 6 nitrogen and oxygen atoms in total. The molecule has 7 heteroatoms. The van der Waals surface area contributed by atoms with Gasteiger partial charge in [-0.15, -0.1) is 0 Å². The first-order valence-corrected chi connectivity index (χ1v) is 12.8. The van der Waals surface area contributed by atoms with Gasteiger partial charge in [0.1, 0.15) is 6.61 Å². The molecule has 2 heterocycles. The number of nitrogens with zero attached hydrogens (tertiary/aromatic N) is 1. The van der Waals surface area contributed by atoms with Crippen molar-refractivity contribution >= 4 is 20.1 Å². The quantitative estimate of drug-likeness (QED) is 0.473. The molecular weight excluding hydrogens is 374 g/mol. The summed E-state index contributed by atoms with van der Waals surface area (Å²) in [6, 6.07) is 9.46. The average molecular weight is 406 g/mol. The molecule has 0 aromatic heterocycles. The topological polar surface area (TPSA) is 76.1 Å². The van der Waals surface area contributed by atoms with Crippen LogP contribution < -0.4 is 0 Å². The van der Waals surface area contributed by atoms with Crippen LogP contribution in [0.4, 0.5) is 0 Å². The second kappa shape index (κ2) is 7.28. The monoisotopic (exact) mass is 405 g/mol. The number of carbonyl (C=O) groups excluding carboxylic acids is 2. The second-order valence-electron chi connectivity index (χ2n) is 9.50. The van der Waals surface area contributed by atoms with Crippen LogP contribution in [0.15, 0.2) is 30.3 Å². The smallest absolute Gasteiger partial charge is 0.309 e. The maximum Gasteiger partial charge on any atom is 0.309 e. The molecule has 0 aliphatic carbocycles. The van der Waals surface area contributed by atoms with Crippen LogP contribution in [0.2, 0.25) is 18.1 Å². The predicted molar refractivity (Wildman–Crippen MR) is 108 cm³/mol. The summed E-state index contributed by atoms with van der Waals surface area (Å²) in [5.41, 5.74) is -0.189. The van der Waals surface area contributed by atoms with E-state index in [2.05, 4.69) is 33.9 Å². The molecule has 1 amide bonds. The zero-order valence-electron chi connectivity index (χ0n) is 17.4. The zero-order chi connectivity index (χ0) is 20.7. The molecule has 0 saturated carbocycles. The molecule has 0 bridgehead atoms. The molecular formula is C21H31NO5Si. The van der Waals surface area contributed by atoms with Gasteiger partial charge in [0.25, 0.3) is 0 Å². The van der Waals surface area contributed by atoms with Crippen molar-refractivity contribution in [2.75, 3.05) is 6.54 Å². The van der Waals surface area contributed by atoms with Crippen molar-refractivity contribution in [1.82, 2.24) is 4.57 Å². The van der Waals surface area contributed by atoms with Gasteiger partial charge in [-0.25, -0.2) is 0 Å². The number of aliphatic hydroxyl groups excluding tert-OH is 1. The standard InChI is InChI=1S/C21H31NO5Si/c1-20(2,3)28(4,5)22-14-21(19(22)25)12-16(11-17(23)27-21)18(24)26-13-15-9-7-6-8-10-15/h6-10,16-17,23H,11-14H2,1-5H3/t16-,17-,21+/m1/s1. The molecule has 2 aliphatic rings. The van der Waals surface area contributed by atoms with Gasteiger partial charge >= 0.3 is 5.97 Å². The third kappa shape index (κ3) is 3.75. The lowest BCUT2D eigenvalue weighted by Gasteiger charge is -2.59. The normalized spacial score (nSPS) is 28.2.